The first-order valence-electron chi connectivity index (χ1n) is 3.96. The lowest BCUT2D eigenvalue weighted by atomic mass is 10.1. The molecular formula is C8H14N2O2. The van der Waals surface area contributed by atoms with E-state index in [0.29, 0.717) is 5.84 Å². The SMILES string of the molecule is CC1OC(=O)NC1=NC(C)(C)C. The first-order valence-corrected chi connectivity index (χ1v) is 3.96. The van der Waals surface area contributed by atoms with E-state index in [0.717, 1.165) is 0 Å². The molecule has 12 heavy (non-hydrogen) atoms. The second-order valence-corrected chi connectivity index (χ2v) is 3.84. The molecule has 0 bridgehead atoms. The predicted octanol–water partition coefficient (Wildman–Crippen LogP) is 1.31. The molecule has 4 heteroatoms. The number of rotatable bonds is 0. The Morgan fingerprint density at radius 1 is 1.50 bits per heavy atom. The summed E-state index contributed by atoms with van der Waals surface area (Å²) in [6, 6.07) is 0. The molecule has 1 N–H and O–H groups in total. The third-order valence-electron chi connectivity index (χ3n) is 1.35. The average molecular weight is 170 g/mol. The van der Waals surface area contributed by atoms with Gasteiger partial charge in [0.05, 0.1) is 5.54 Å². The second kappa shape index (κ2) is 2.77. The molecule has 0 spiro atoms. The first kappa shape index (κ1) is 9.03. The Morgan fingerprint density at radius 2 is 2.08 bits per heavy atom. The van der Waals surface area contributed by atoms with Gasteiger partial charge in [-0.25, -0.2) is 4.79 Å². The summed E-state index contributed by atoms with van der Waals surface area (Å²) in [7, 11) is 0. The van der Waals surface area contributed by atoms with E-state index < -0.39 is 6.09 Å². The highest BCUT2D eigenvalue weighted by atomic mass is 16.6. The highest BCUT2D eigenvalue weighted by Gasteiger charge is 2.27. The second-order valence-electron chi connectivity index (χ2n) is 3.84. The summed E-state index contributed by atoms with van der Waals surface area (Å²) in [5.74, 6) is 0.618. The summed E-state index contributed by atoms with van der Waals surface area (Å²) < 4.78 is 4.84. The zero-order valence-electron chi connectivity index (χ0n) is 7.84. The molecule has 1 heterocycles. The van der Waals surface area contributed by atoms with Gasteiger partial charge in [0.2, 0.25) is 0 Å². The van der Waals surface area contributed by atoms with Crippen LogP contribution in [-0.4, -0.2) is 23.6 Å². The van der Waals surface area contributed by atoms with E-state index in [2.05, 4.69) is 10.3 Å². The van der Waals surface area contributed by atoms with Gasteiger partial charge in [-0.2, -0.15) is 0 Å². The minimum Gasteiger partial charge on any atom is -0.438 e. The molecule has 1 rings (SSSR count). The number of hydrogen-bond donors (Lipinski definition) is 1. The predicted molar refractivity (Wildman–Crippen MR) is 46.3 cm³/mol. The molecule has 1 amide bonds. The van der Waals surface area contributed by atoms with Crippen molar-refractivity contribution >= 4 is 11.9 Å². The Morgan fingerprint density at radius 3 is 2.42 bits per heavy atom. The molecule has 1 atom stereocenters. The molecule has 0 aromatic rings. The normalized spacial score (nSPS) is 27.2. The highest BCUT2D eigenvalue weighted by molar-refractivity contribution is 6.03. The van der Waals surface area contributed by atoms with Crippen molar-refractivity contribution in [2.45, 2.75) is 39.3 Å². The molecule has 0 aromatic heterocycles. The summed E-state index contributed by atoms with van der Waals surface area (Å²) >= 11 is 0. The number of hydrogen-bond acceptors (Lipinski definition) is 3. The molecule has 1 fully saturated rings. The summed E-state index contributed by atoms with van der Waals surface area (Å²) in [6.45, 7) is 7.70. The summed E-state index contributed by atoms with van der Waals surface area (Å²) in [4.78, 5) is 15.0. The van der Waals surface area contributed by atoms with Crippen LogP contribution in [-0.2, 0) is 4.74 Å². The summed E-state index contributed by atoms with van der Waals surface area (Å²) in [5.41, 5.74) is -0.176. The van der Waals surface area contributed by atoms with Gasteiger partial charge >= 0.3 is 6.09 Å². The van der Waals surface area contributed by atoms with E-state index in [1.165, 1.54) is 0 Å². The fraction of sp³-hybridized carbons (Fsp3) is 0.750. The van der Waals surface area contributed by atoms with Crippen molar-refractivity contribution in [2.75, 3.05) is 0 Å². The third kappa shape index (κ3) is 2.22. The minimum atomic E-state index is -0.412. The van der Waals surface area contributed by atoms with E-state index in [4.69, 9.17) is 4.74 Å². The number of amidine groups is 1. The van der Waals surface area contributed by atoms with Gasteiger partial charge < -0.3 is 4.74 Å². The van der Waals surface area contributed by atoms with E-state index in [9.17, 15) is 4.79 Å². The monoisotopic (exact) mass is 170 g/mol. The molecule has 0 saturated carbocycles. The number of carbonyl (C=O) groups is 1. The Balaban J connectivity index is 2.76. The van der Waals surface area contributed by atoms with Gasteiger partial charge in [-0.1, -0.05) is 0 Å². The molecule has 0 aromatic carbocycles. The van der Waals surface area contributed by atoms with Gasteiger partial charge in [0.1, 0.15) is 5.84 Å². The lowest BCUT2D eigenvalue weighted by Gasteiger charge is -2.13. The first-order chi connectivity index (χ1) is 5.38. The maximum Gasteiger partial charge on any atom is 0.413 e. The lowest BCUT2D eigenvalue weighted by molar-refractivity contribution is 0.155. The summed E-state index contributed by atoms with van der Waals surface area (Å²) in [5, 5.41) is 2.55. The van der Waals surface area contributed by atoms with Crippen LogP contribution in [0.4, 0.5) is 4.79 Å². The van der Waals surface area contributed by atoms with Crippen molar-refractivity contribution in [1.82, 2.24) is 5.32 Å². The van der Waals surface area contributed by atoms with Gasteiger partial charge in [0.15, 0.2) is 6.10 Å². The molecule has 1 aliphatic heterocycles. The number of ether oxygens (including phenoxy) is 1. The Bertz CT molecular complexity index is 228. The standard InChI is InChI=1S/C8H14N2O2/c1-5-6(9-7(11)12-5)10-8(2,3)4/h5H,1-4H3,(H,9,10,11). The van der Waals surface area contributed by atoms with Crippen LogP contribution < -0.4 is 5.32 Å². The van der Waals surface area contributed by atoms with Gasteiger partial charge in [0.25, 0.3) is 0 Å². The van der Waals surface area contributed by atoms with E-state index in [1.807, 2.05) is 20.8 Å². The number of alkyl carbamates (subject to hydrolysis) is 1. The zero-order valence-corrected chi connectivity index (χ0v) is 7.84. The Labute approximate surface area is 72.0 Å². The fourth-order valence-corrected chi connectivity index (χ4v) is 0.932. The number of nitrogens with zero attached hydrogens (tertiary/aromatic N) is 1. The van der Waals surface area contributed by atoms with Gasteiger partial charge in [-0.15, -0.1) is 0 Å². The van der Waals surface area contributed by atoms with Crippen molar-refractivity contribution < 1.29 is 9.53 Å². The molecule has 4 nitrogen and oxygen atoms in total. The quantitative estimate of drug-likeness (QED) is 0.596. The number of aliphatic imine (C=N–C) groups is 1. The van der Waals surface area contributed by atoms with Crippen LogP contribution in [0.5, 0.6) is 0 Å². The number of amides is 1. The molecule has 1 unspecified atom stereocenters. The van der Waals surface area contributed by atoms with E-state index >= 15 is 0 Å². The van der Waals surface area contributed by atoms with Crippen LogP contribution in [0.25, 0.3) is 0 Å². The van der Waals surface area contributed by atoms with Crippen molar-refractivity contribution in [3.63, 3.8) is 0 Å². The highest BCUT2D eigenvalue weighted by Crippen LogP contribution is 2.11. The van der Waals surface area contributed by atoms with Crippen LogP contribution in [0.3, 0.4) is 0 Å². The molecule has 1 aliphatic rings. The van der Waals surface area contributed by atoms with Crippen molar-refractivity contribution in [1.29, 1.82) is 0 Å². The van der Waals surface area contributed by atoms with Crippen molar-refractivity contribution in [2.24, 2.45) is 4.99 Å². The zero-order chi connectivity index (χ0) is 9.35. The minimum absolute atomic E-state index is 0.176. The van der Waals surface area contributed by atoms with E-state index in [-0.39, 0.29) is 11.6 Å². The van der Waals surface area contributed by atoms with Crippen LogP contribution in [0.15, 0.2) is 4.99 Å². The molecule has 1 saturated heterocycles. The molecule has 0 radical (unpaired) electrons. The van der Waals surface area contributed by atoms with Gasteiger partial charge in [-0.05, 0) is 27.7 Å². The summed E-state index contributed by atoms with van der Waals surface area (Å²) in [6.07, 6.45) is -0.651. The van der Waals surface area contributed by atoms with Crippen LogP contribution in [0, 0.1) is 0 Å². The lowest BCUT2D eigenvalue weighted by Crippen LogP contribution is -2.27. The van der Waals surface area contributed by atoms with E-state index in [1.54, 1.807) is 6.92 Å². The van der Waals surface area contributed by atoms with Crippen LogP contribution in [0.1, 0.15) is 27.7 Å². The molecular weight excluding hydrogens is 156 g/mol. The number of carbonyl (C=O) groups excluding carboxylic acids is 1. The number of nitrogens with one attached hydrogen (secondary N) is 1. The fourth-order valence-electron chi connectivity index (χ4n) is 0.932. The average Bonchev–Trinajstić information content (AvgIpc) is 2.06. The molecule has 0 aliphatic carbocycles. The van der Waals surface area contributed by atoms with Crippen molar-refractivity contribution in [3.05, 3.63) is 0 Å². The Hall–Kier alpha value is -1.06. The smallest absolute Gasteiger partial charge is 0.413 e. The maximum absolute atomic E-state index is 10.7. The van der Waals surface area contributed by atoms with Crippen LogP contribution >= 0.6 is 0 Å². The molecule has 68 valence electrons. The third-order valence-corrected chi connectivity index (χ3v) is 1.35. The van der Waals surface area contributed by atoms with Gasteiger partial charge in [-0.3, -0.25) is 10.3 Å². The maximum atomic E-state index is 10.7. The number of cyclic esters (lactones) is 1. The topological polar surface area (TPSA) is 50.7 Å². The Kier molecular flexibility index (Phi) is 2.08. The largest absolute Gasteiger partial charge is 0.438 e. The van der Waals surface area contributed by atoms with Crippen molar-refractivity contribution in [3.8, 4) is 0 Å². The van der Waals surface area contributed by atoms with Gasteiger partial charge in [0, 0.05) is 0 Å². The van der Waals surface area contributed by atoms with Crippen LogP contribution in [0.2, 0.25) is 0 Å².